The van der Waals surface area contributed by atoms with Gasteiger partial charge in [-0.25, -0.2) is 0 Å². The molecule has 1 aliphatic heterocycles. The smallest absolute Gasteiger partial charge is 0.387 e. The van der Waals surface area contributed by atoms with Gasteiger partial charge in [0, 0.05) is 25.2 Å². The van der Waals surface area contributed by atoms with Gasteiger partial charge in [-0.2, -0.15) is 8.78 Å². The minimum absolute atomic E-state index is 0.0679. The highest BCUT2D eigenvalue weighted by atomic mass is 19.3. The Morgan fingerprint density at radius 2 is 2.05 bits per heavy atom. The summed E-state index contributed by atoms with van der Waals surface area (Å²) in [5.41, 5.74) is 6.75. The Hall–Kier alpha value is -1.24. The third kappa shape index (κ3) is 5.22. The van der Waals surface area contributed by atoms with E-state index in [0.717, 1.165) is 25.2 Å². The fraction of sp³-hybridized carbons (Fsp3) is 0.600. The third-order valence-corrected chi connectivity index (χ3v) is 3.26. The van der Waals surface area contributed by atoms with Crippen molar-refractivity contribution < 1.29 is 18.3 Å². The lowest BCUT2D eigenvalue weighted by Crippen LogP contribution is -2.49. The molecule has 1 fully saturated rings. The average molecular weight is 300 g/mol. The summed E-state index contributed by atoms with van der Waals surface area (Å²) in [7, 11) is 0. The first kappa shape index (κ1) is 16.1. The van der Waals surface area contributed by atoms with Crippen molar-refractivity contribution in [3.63, 3.8) is 0 Å². The van der Waals surface area contributed by atoms with Crippen LogP contribution in [0.5, 0.6) is 5.75 Å². The maximum atomic E-state index is 12.1. The van der Waals surface area contributed by atoms with Gasteiger partial charge in [-0.05, 0) is 31.5 Å². The number of benzene rings is 1. The summed E-state index contributed by atoms with van der Waals surface area (Å²) in [6.07, 6.45) is -0.0679. The fourth-order valence-electron chi connectivity index (χ4n) is 2.49. The number of morpholine rings is 1. The molecule has 0 aromatic heterocycles. The largest absolute Gasteiger partial charge is 0.435 e. The highest BCUT2D eigenvalue weighted by Gasteiger charge is 2.25. The van der Waals surface area contributed by atoms with E-state index in [1.165, 1.54) is 12.1 Å². The van der Waals surface area contributed by atoms with E-state index in [0.29, 0.717) is 6.61 Å². The molecule has 1 aromatic rings. The minimum Gasteiger partial charge on any atom is -0.435 e. The predicted octanol–water partition coefficient (Wildman–Crippen LogP) is 2.40. The monoisotopic (exact) mass is 300 g/mol. The molecule has 0 amide bonds. The Labute approximate surface area is 123 Å². The second-order valence-electron chi connectivity index (χ2n) is 6.03. The number of alkyl halides is 2. The molecule has 1 aliphatic rings. The van der Waals surface area contributed by atoms with Crippen molar-refractivity contribution in [1.29, 1.82) is 0 Å². The molecule has 0 spiro atoms. The van der Waals surface area contributed by atoms with E-state index < -0.39 is 6.61 Å². The average Bonchev–Trinajstić information content (AvgIpc) is 2.37. The molecule has 21 heavy (non-hydrogen) atoms. The van der Waals surface area contributed by atoms with Crippen LogP contribution in [-0.2, 0) is 4.74 Å². The van der Waals surface area contributed by atoms with Gasteiger partial charge in [-0.1, -0.05) is 12.1 Å². The van der Waals surface area contributed by atoms with Gasteiger partial charge in [-0.15, -0.1) is 0 Å². The van der Waals surface area contributed by atoms with Crippen LogP contribution in [-0.4, -0.2) is 43.3 Å². The minimum atomic E-state index is -2.80. The van der Waals surface area contributed by atoms with Crippen molar-refractivity contribution >= 4 is 0 Å². The maximum absolute atomic E-state index is 12.1. The first-order valence-corrected chi connectivity index (χ1v) is 7.01. The van der Waals surface area contributed by atoms with Gasteiger partial charge in [-0.3, -0.25) is 4.90 Å². The summed E-state index contributed by atoms with van der Waals surface area (Å²) < 4.78 is 34.3. The molecule has 0 saturated carbocycles. The number of nitrogens with two attached hydrogens (primary N) is 1. The molecule has 0 bridgehead atoms. The summed E-state index contributed by atoms with van der Waals surface area (Å²) in [4.78, 5) is 2.26. The first-order chi connectivity index (χ1) is 9.83. The predicted molar refractivity (Wildman–Crippen MR) is 76.5 cm³/mol. The summed E-state index contributed by atoms with van der Waals surface area (Å²) in [6, 6.07) is 6.60. The fourth-order valence-corrected chi connectivity index (χ4v) is 2.49. The number of ether oxygens (including phenoxy) is 2. The van der Waals surface area contributed by atoms with Gasteiger partial charge in [0.2, 0.25) is 0 Å². The molecular formula is C15H22F2N2O2. The van der Waals surface area contributed by atoms with E-state index in [-0.39, 0.29) is 17.4 Å². The standard InChI is InChI=1S/C15H22F2N2O2/c1-15(2,18)10-19-7-8-20-13(9-19)11-3-5-12(6-4-11)21-14(16)17/h3-6,13-14H,7-10,18H2,1-2H3. The third-order valence-electron chi connectivity index (χ3n) is 3.26. The molecule has 1 aromatic carbocycles. The van der Waals surface area contributed by atoms with Crippen LogP contribution in [0.25, 0.3) is 0 Å². The SMILES string of the molecule is CC(C)(N)CN1CCOC(c2ccc(OC(F)F)cc2)C1. The van der Waals surface area contributed by atoms with Crippen LogP contribution in [0.2, 0.25) is 0 Å². The van der Waals surface area contributed by atoms with Crippen molar-refractivity contribution in [2.75, 3.05) is 26.2 Å². The van der Waals surface area contributed by atoms with Gasteiger partial charge in [0.05, 0.1) is 12.7 Å². The Morgan fingerprint density at radius 1 is 1.38 bits per heavy atom. The quantitative estimate of drug-likeness (QED) is 0.907. The lowest BCUT2D eigenvalue weighted by atomic mass is 10.0. The zero-order chi connectivity index (χ0) is 15.5. The van der Waals surface area contributed by atoms with Crippen LogP contribution in [0.1, 0.15) is 25.5 Å². The second-order valence-corrected chi connectivity index (χ2v) is 6.03. The number of rotatable bonds is 5. The number of hydrogen-bond acceptors (Lipinski definition) is 4. The van der Waals surface area contributed by atoms with E-state index in [2.05, 4.69) is 9.64 Å². The van der Waals surface area contributed by atoms with Gasteiger partial charge in [0.1, 0.15) is 5.75 Å². The molecule has 2 rings (SSSR count). The highest BCUT2D eigenvalue weighted by Crippen LogP contribution is 2.25. The van der Waals surface area contributed by atoms with E-state index >= 15 is 0 Å². The van der Waals surface area contributed by atoms with Crippen molar-refractivity contribution in [1.82, 2.24) is 4.90 Å². The molecule has 0 aliphatic carbocycles. The summed E-state index contributed by atoms with van der Waals surface area (Å²) in [5, 5.41) is 0. The van der Waals surface area contributed by atoms with E-state index in [9.17, 15) is 8.78 Å². The summed E-state index contributed by atoms with van der Waals surface area (Å²) in [6.45, 7) is 4.21. The van der Waals surface area contributed by atoms with Gasteiger partial charge in [0.15, 0.2) is 0 Å². The van der Waals surface area contributed by atoms with E-state index in [1.54, 1.807) is 12.1 Å². The second kappa shape index (κ2) is 6.68. The van der Waals surface area contributed by atoms with Gasteiger partial charge >= 0.3 is 6.61 Å². The molecule has 1 heterocycles. The molecule has 118 valence electrons. The molecule has 2 N–H and O–H groups in total. The van der Waals surface area contributed by atoms with Gasteiger partial charge < -0.3 is 15.2 Å². The van der Waals surface area contributed by atoms with Crippen LogP contribution < -0.4 is 10.5 Å². The van der Waals surface area contributed by atoms with Crippen LogP contribution in [0.4, 0.5) is 8.78 Å². The van der Waals surface area contributed by atoms with Crippen molar-refractivity contribution in [2.24, 2.45) is 5.73 Å². The first-order valence-electron chi connectivity index (χ1n) is 7.01. The zero-order valence-electron chi connectivity index (χ0n) is 12.4. The molecule has 0 radical (unpaired) electrons. The van der Waals surface area contributed by atoms with Crippen LogP contribution in [0.15, 0.2) is 24.3 Å². The Kier molecular flexibility index (Phi) is 5.13. The molecule has 1 unspecified atom stereocenters. The molecular weight excluding hydrogens is 278 g/mol. The van der Waals surface area contributed by atoms with Crippen molar-refractivity contribution in [2.45, 2.75) is 32.1 Å². The van der Waals surface area contributed by atoms with Crippen LogP contribution in [0.3, 0.4) is 0 Å². The number of halogens is 2. The Morgan fingerprint density at radius 3 is 2.62 bits per heavy atom. The molecule has 1 atom stereocenters. The van der Waals surface area contributed by atoms with Gasteiger partial charge in [0.25, 0.3) is 0 Å². The Bertz CT molecular complexity index is 446. The van der Waals surface area contributed by atoms with Crippen LogP contribution in [0, 0.1) is 0 Å². The van der Waals surface area contributed by atoms with Crippen molar-refractivity contribution in [3.8, 4) is 5.75 Å². The summed E-state index contributed by atoms with van der Waals surface area (Å²) in [5.74, 6) is 0.157. The number of hydrogen-bond donors (Lipinski definition) is 1. The highest BCUT2D eigenvalue weighted by molar-refractivity contribution is 5.29. The molecule has 4 nitrogen and oxygen atoms in total. The zero-order valence-corrected chi connectivity index (χ0v) is 12.4. The number of nitrogens with zero attached hydrogens (tertiary/aromatic N) is 1. The topological polar surface area (TPSA) is 47.7 Å². The Balaban J connectivity index is 1.97. The lowest BCUT2D eigenvalue weighted by Gasteiger charge is -2.36. The van der Waals surface area contributed by atoms with E-state index in [4.69, 9.17) is 10.5 Å². The lowest BCUT2D eigenvalue weighted by molar-refractivity contribution is -0.0500. The maximum Gasteiger partial charge on any atom is 0.387 e. The molecule has 6 heteroatoms. The summed E-state index contributed by atoms with van der Waals surface area (Å²) >= 11 is 0. The van der Waals surface area contributed by atoms with E-state index in [1.807, 2.05) is 13.8 Å². The molecule has 1 saturated heterocycles. The normalized spacial score (nSPS) is 20.8. The van der Waals surface area contributed by atoms with Crippen LogP contribution >= 0.6 is 0 Å². The van der Waals surface area contributed by atoms with Crippen molar-refractivity contribution in [3.05, 3.63) is 29.8 Å².